The first-order valence-electron chi connectivity index (χ1n) is 4.00. The van der Waals surface area contributed by atoms with Crippen LogP contribution in [0.3, 0.4) is 0 Å². The van der Waals surface area contributed by atoms with Crippen molar-refractivity contribution in [2.24, 2.45) is 0 Å². The third-order valence-corrected chi connectivity index (χ3v) is 1.94. The number of fused-ring (bicyclic) bond motifs is 1. The largest absolute Gasteiger partial charge is 0.423 e. The molecule has 0 amide bonds. The van der Waals surface area contributed by atoms with E-state index < -0.39 is 11.7 Å². The summed E-state index contributed by atoms with van der Waals surface area (Å²) < 4.78 is 37.4. The molecule has 1 aliphatic rings. The zero-order chi connectivity index (χ0) is 10.2. The smallest absolute Gasteiger partial charge is 0.166 e. The van der Waals surface area contributed by atoms with Crippen LogP contribution < -0.4 is 4.99 Å². The van der Waals surface area contributed by atoms with Gasteiger partial charge < -0.3 is 0 Å². The van der Waals surface area contributed by atoms with E-state index in [0.29, 0.717) is 5.56 Å². The minimum Gasteiger partial charge on any atom is -0.166 e. The van der Waals surface area contributed by atoms with Crippen molar-refractivity contribution in [1.29, 1.82) is 0 Å². The number of hydrogen-bond acceptors (Lipinski definition) is 1. The van der Waals surface area contributed by atoms with E-state index in [0.717, 1.165) is 6.07 Å². The lowest BCUT2D eigenvalue weighted by Gasteiger charge is -2.06. The molecule has 0 atom stereocenters. The van der Waals surface area contributed by atoms with Crippen molar-refractivity contribution in [3.05, 3.63) is 35.4 Å². The Morgan fingerprint density at radius 2 is 1.93 bits per heavy atom. The standard InChI is InChI=1S/C10H6F3N/c11-10(12,13)8-5-1-3-7-4-2-6-14-9(7)8/h1-6H/q+1. The Kier molecular flexibility index (Phi) is 1.91. The fourth-order valence-electron chi connectivity index (χ4n) is 1.33. The monoisotopic (exact) mass is 197 g/mol. The van der Waals surface area contributed by atoms with Crippen LogP contribution in [-0.2, 0) is 6.18 Å². The number of halogens is 3. The number of nitrogens with zero attached hydrogens (tertiary/aromatic N) is 1. The molecule has 0 N–H and O–H groups in total. The summed E-state index contributed by atoms with van der Waals surface area (Å²) in [7, 11) is 0. The average molecular weight is 197 g/mol. The highest BCUT2D eigenvalue weighted by Crippen LogP contribution is 2.36. The molecular formula is C10H6F3N+. The second-order valence-corrected chi connectivity index (χ2v) is 2.88. The van der Waals surface area contributed by atoms with Gasteiger partial charge in [-0.25, -0.2) is 0 Å². The second kappa shape index (κ2) is 2.97. The van der Waals surface area contributed by atoms with Crippen LogP contribution >= 0.6 is 0 Å². The highest BCUT2D eigenvalue weighted by molar-refractivity contribution is 5.87. The summed E-state index contributed by atoms with van der Waals surface area (Å²) in [4.78, 5) is 3.73. The number of aliphatic imine (C=N–C) groups is 1. The van der Waals surface area contributed by atoms with Crippen LogP contribution in [-0.4, -0.2) is 6.21 Å². The molecule has 2 rings (SSSR count). The van der Waals surface area contributed by atoms with Crippen LogP contribution in [0.1, 0.15) is 11.1 Å². The minimum atomic E-state index is -4.34. The van der Waals surface area contributed by atoms with Gasteiger partial charge in [-0.2, -0.15) is 13.2 Å². The zero-order valence-corrected chi connectivity index (χ0v) is 7.05. The molecule has 0 aromatic heterocycles. The van der Waals surface area contributed by atoms with E-state index in [-0.39, 0.29) is 5.69 Å². The highest BCUT2D eigenvalue weighted by Gasteiger charge is 2.38. The van der Waals surface area contributed by atoms with Crippen LogP contribution in [0.2, 0.25) is 0 Å². The van der Waals surface area contributed by atoms with Gasteiger partial charge in [0, 0.05) is 6.08 Å². The van der Waals surface area contributed by atoms with Gasteiger partial charge >= 0.3 is 6.18 Å². The van der Waals surface area contributed by atoms with Gasteiger partial charge in [0.15, 0.2) is 0 Å². The van der Waals surface area contributed by atoms with Crippen LogP contribution in [0.5, 0.6) is 0 Å². The fraction of sp³-hybridized carbons (Fsp3) is 0.100. The summed E-state index contributed by atoms with van der Waals surface area (Å²) in [5, 5.41) is 0. The Hall–Kier alpha value is -1.58. The second-order valence-electron chi connectivity index (χ2n) is 2.88. The number of para-hydroxylation sites is 1. The Morgan fingerprint density at radius 3 is 2.64 bits per heavy atom. The Balaban J connectivity index is 2.64. The van der Waals surface area contributed by atoms with Crippen molar-refractivity contribution in [2.75, 3.05) is 0 Å². The van der Waals surface area contributed by atoms with Gasteiger partial charge in [-0.15, -0.1) is 0 Å². The topological polar surface area (TPSA) is 14.1 Å². The molecule has 0 saturated carbocycles. The van der Waals surface area contributed by atoms with Crippen molar-refractivity contribution >= 4 is 18.0 Å². The SMILES string of the molecule is FC(F)(F)c1cccc2c1[N+]=CC=C2. The molecule has 1 heterocycles. The van der Waals surface area contributed by atoms with E-state index in [1.807, 2.05) is 0 Å². The van der Waals surface area contributed by atoms with Crippen molar-refractivity contribution in [1.82, 2.24) is 4.99 Å². The summed E-state index contributed by atoms with van der Waals surface area (Å²) >= 11 is 0. The van der Waals surface area contributed by atoms with Gasteiger partial charge in [0.2, 0.25) is 6.21 Å². The molecule has 0 spiro atoms. The van der Waals surface area contributed by atoms with E-state index >= 15 is 0 Å². The van der Waals surface area contributed by atoms with Crippen LogP contribution in [0.15, 0.2) is 24.3 Å². The fourth-order valence-corrected chi connectivity index (χ4v) is 1.33. The van der Waals surface area contributed by atoms with Crippen LogP contribution in [0.25, 0.3) is 6.08 Å². The first-order chi connectivity index (χ1) is 6.59. The number of benzene rings is 1. The maximum absolute atomic E-state index is 12.5. The summed E-state index contributed by atoms with van der Waals surface area (Å²) in [6, 6.07) is 4.03. The van der Waals surface area contributed by atoms with Gasteiger partial charge in [0.1, 0.15) is 5.56 Å². The maximum atomic E-state index is 12.5. The Bertz CT molecular complexity index is 416. The van der Waals surface area contributed by atoms with Crippen molar-refractivity contribution in [3.63, 3.8) is 0 Å². The summed E-state index contributed by atoms with van der Waals surface area (Å²) in [5.74, 6) is 0. The molecule has 1 radical (unpaired) electrons. The highest BCUT2D eigenvalue weighted by atomic mass is 19.4. The number of hydrogen-bond donors (Lipinski definition) is 0. The third kappa shape index (κ3) is 1.43. The molecule has 1 nitrogen and oxygen atoms in total. The molecule has 71 valence electrons. The van der Waals surface area contributed by atoms with Gasteiger partial charge in [0.25, 0.3) is 5.69 Å². The van der Waals surface area contributed by atoms with Gasteiger partial charge in [-0.3, -0.25) is 0 Å². The van der Waals surface area contributed by atoms with Gasteiger partial charge in [-0.05, 0) is 18.2 Å². The first kappa shape index (κ1) is 8.99. The zero-order valence-electron chi connectivity index (χ0n) is 7.05. The number of rotatable bonds is 0. The molecule has 0 saturated heterocycles. The third-order valence-electron chi connectivity index (χ3n) is 1.94. The lowest BCUT2D eigenvalue weighted by Crippen LogP contribution is -2.09. The molecule has 0 unspecified atom stereocenters. The maximum Gasteiger partial charge on any atom is 0.423 e. The molecular weight excluding hydrogens is 191 g/mol. The van der Waals surface area contributed by atoms with E-state index in [2.05, 4.69) is 4.99 Å². The molecule has 1 aromatic rings. The van der Waals surface area contributed by atoms with Crippen molar-refractivity contribution in [2.45, 2.75) is 6.18 Å². The summed E-state index contributed by atoms with van der Waals surface area (Å²) in [6.45, 7) is 0. The molecule has 4 heteroatoms. The Morgan fingerprint density at radius 1 is 1.14 bits per heavy atom. The van der Waals surface area contributed by atoms with E-state index in [4.69, 9.17) is 0 Å². The predicted molar refractivity (Wildman–Crippen MR) is 48.3 cm³/mol. The molecule has 1 aliphatic heterocycles. The minimum absolute atomic E-state index is 0.00231. The van der Waals surface area contributed by atoms with Gasteiger partial charge in [-0.1, -0.05) is 6.07 Å². The summed E-state index contributed by atoms with van der Waals surface area (Å²) in [5.41, 5.74) is -0.180. The molecule has 0 bridgehead atoms. The number of alkyl halides is 3. The van der Waals surface area contributed by atoms with E-state index in [1.54, 1.807) is 18.2 Å². The first-order valence-corrected chi connectivity index (χ1v) is 4.00. The quantitative estimate of drug-likeness (QED) is 0.607. The lowest BCUT2D eigenvalue weighted by molar-refractivity contribution is -0.137. The lowest BCUT2D eigenvalue weighted by atomic mass is 10.1. The van der Waals surface area contributed by atoms with Gasteiger partial charge in [0.05, 0.1) is 10.6 Å². The van der Waals surface area contributed by atoms with E-state index in [9.17, 15) is 13.2 Å². The number of allylic oxidation sites excluding steroid dienone is 1. The summed E-state index contributed by atoms with van der Waals surface area (Å²) in [6.07, 6.45) is 0.242. The molecule has 1 aromatic carbocycles. The average Bonchev–Trinajstić information content (AvgIpc) is 2.15. The normalized spacial score (nSPS) is 14.2. The van der Waals surface area contributed by atoms with E-state index in [1.165, 1.54) is 12.3 Å². The van der Waals surface area contributed by atoms with Crippen molar-refractivity contribution in [3.8, 4) is 0 Å². The van der Waals surface area contributed by atoms with Crippen molar-refractivity contribution < 1.29 is 13.2 Å². The molecule has 0 aliphatic carbocycles. The molecule has 0 fully saturated rings. The van der Waals surface area contributed by atoms with Crippen LogP contribution in [0.4, 0.5) is 18.9 Å². The Labute approximate surface area is 78.6 Å². The predicted octanol–water partition coefficient (Wildman–Crippen LogP) is 2.77. The molecule has 14 heavy (non-hydrogen) atoms. The van der Waals surface area contributed by atoms with Crippen LogP contribution in [0, 0.1) is 0 Å².